The van der Waals surface area contributed by atoms with E-state index in [-0.39, 0.29) is 22.0 Å². The second-order valence-corrected chi connectivity index (χ2v) is 5.04. The van der Waals surface area contributed by atoms with E-state index in [0.29, 0.717) is 16.9 Å². The van der Waals surface area contributed by atoms with Gasteiger partial charge in [0, 0.05) is 13.0 Å². The molecule has 0 aliphatic carbocycles. The summed E-state index contributed by atoms with van der Waals surface area (Å²) < 4.78 is 10.1. The lowest BCUT2D eigenvalue weighted by molar-refractivity contribution is -0.109. The van der Waals surface area contributed by atoms with Gasteiger partial charge in [-0.25, -0.2) is 4.79 Å². The third-order valence-electron chi connectivity index (χ3n) is 2.52. The number of rotatable bonds is 3. The summed E-state index contributed by atoms with van der Waals surface area (Å²) in [6, 6.07) is 4.60. The fourth-order valence-corrected chi connectivity index (χ4v) is 2.18. The third-order valence-corrected chi connectivity index (χ3v) is 3.35. The van der Waals surface area contributed by atoms with Crippen molar-refractivity contribution < 1.29 is 19.1 Å². The summed E-state index contributed by atoms with van der Waals surface area (Å²) in [5.74, 6) is 0.915. The van der Waals surface area contributed by atoms with Crippen molar-refractivity contribution in [3.63, 3.8) is 0 Å². The number of phenols is 1. The number of phenolic OH excluding ortho intramolecular Hbond substituents is 1. The Morgan fingerprint density at radius 1 is 1.42 bits per heavy atom. The number of hydrogen-bond acceptors (Lipinski definition) is 6. The van der Waals surface area contributed by atoms with E-state index in [2.05, 4.69) is 0 Å². The minimum absolute atomic E-state index is 0.0590. The van der Waals surface area contributed by atoms with E-state index in [1.807, 2.05) is 0 Å². The number of fused-ring (bicyclic) bond motifs is 1. The van der Waals surface area contributed by atoms with Gasteiger partial charge in [-0.15, -0.1) is 0 Å². The summed E-state index contributed by atoms with van der Waals surface area (Å²) in [5.41, 5.74) is -0.628. The van der Waals surface area contributed by atoms with Gasteiger partial charge < -0.3 is 14.3 Å². The number of thioether (sulfide) groups is 1. The molecule has 0 bridgehead atoms. The molecule has 0 radical (unpaired) electrons. The molecule has 0 saturated heterocycles. The van der Waals surface area contributed by atoms with Crippen LogP contribution in [0.5, 0.6) is 11.5 Å². The maximum Gasteiger partial charge on any atom is 0.347 e. The zero-order chi connectivity index (χ0) is 14.0. The van der Waals surface area contributed by atoms with Crippen molar-refractivity contribution in [2.45, 2.75) is 12.7 Å². The molecule has 0 saturated carbocycles. The van der Waals surface area contributed by atoms with E-state index >= 15 is 0 Å². The minimum atomic E-state index is -0.628. The summed E-state index contributed by atoms with van der Waals surface area (Å²) in [4.78, 5) is 22.7. The molecule has 0 fully saturated rings. The smallest absolute Gasteiger partial charge is 0.347 e. The van der Waals surface area contributed by atoms with Gasteiger partial charge in [0.1, 0.15) is 22.6 Å². The summed E-state index contributed by atoms with van der Waals surface area (Å²) in [6.07, 6.45) is 0. The number of aromatic hydroxyl groups is 1. The fourth-order valence-electron chi connectivity index (χ4n) is 1.69. The highest BCUT2D eigenvalue weighted by Crippen LogP contribution is 2.29. The van der Waals surface area contributed by atoms with Crippen LogP contribution in [0.25, 0.3) is 10.8 Å². The highest BCUT2D eigenvalue weighted by Gasteiger charge is 2.11. The quantitative estimate of drug-likeness (QED) is 0.929. The monoisotopic (exact) mass is 280 g/mol. The molecule has 1 aromatic heterocycles. The second-order valence-electron chi connectivity index (χ2n) is 3.89. The molecule has 0 unspecified atom stereocenters. The lowest BCUT2D eigenvalue weighted by atomic mass is 10.1. The van der Waals surface area contributed by atoms with Crippen LogP contribution in [0.2, 0.25) is 0 Å². The Morgan fingerprint density at radius 3 is 2.79 bits per heavy atom. The molecular weight excluding hydrogens is 268 g/mol. The van der Waals surface area contributed by atoms with Crippen LogP contribution in [-0.2, 0) is 10.5 Å². The van der Waals surface area contributed by atoms with Crippen molar-refractivity contribution in [3.05, 3.63) is 34.4 Å². The Kier molecular flexibility index (Phi) is 3.80. The van der Waals surface area contributed by atoms with Crippen molar-refractivity contribution in [2.24, 2.45) is 0 Å². The zero-order valence-electron chi connectivity index (χ0n) is 10.4. The lowest BCUT2D eigenvalue weighted by Gasteiger charge is -2.05. The molecule has 1 heterocycles. The summed E-state index contributed by atoms with van der Waals surface area (Å²) in [5, 5.41) is 10.3. The van der Waals surface area contributed by atoms with Crippen molar-refractivity contribution in [2.75, 3.05) is 7.11 Å². The molecule has 0 aliphatic heterocycles. The van der Waals surface area contributed by atoms with Crippen LogP contribution >= 0.6 is 11.8 Å². The highest BCUT2D eigenvalue weighted by atomic mass is 32.2. The van der Waals surface area contributed by atoms with E-state index in [0.717, 1.165) is 11.8 Å². The minimum Gasteiger partial charge on any atom is -0.507 e. The van der Waals surface area contributed by atoms with Gasteiger partial charge in [0.25, 0.3) is 0 Å². The van der Waals surface area contributed by atoms with Gasteiger partial charge >= 0.3 is 5.63 Å². The number of carbonyl (C=O) groups is 1. The maximum absolute atomic E-state index is 11.8. The Morgan fingerprint density at radius 2 is 2.16 bits per heavy atom. The Labute approximate surface area is 113 Å². The first-order valence-corrected chi connectivity index (χ1v) is 6.47. The summed E-state index contributed by atoms with van der Waals surface area (Å²) in [7, 11) is 1.47. The van der Waals surface area contributed by atoms with Crippen LogP contribution in [0.3, 0.4) is 0 Å². The average Bonchev–Trinajstić information content (AvgIpc) is 2.35. The normalized spacial score (nSPS) is 10.6. The first-order valence-electron chi connectivity index (χ1n) is 5.48. The van der Waals surface area contributed by atoms with Gasteiger partial charge in [0.05, 0.1) is 12.9 Å². The summed E-state index contributed by atoms with van der Waals surface area (Å²) in [6.45, 7) is 1.44. The topological polar surface area (TPSA) is 76.7 Å². The second kappa shape index (κ2) is 5.36. The van der Waals surface area contributed by atoms with Crippen molar-refractivity contribution in [1.82, 2.24) is 0 Å². The van der Waals surface area contributed by atoms with Crippen LogP contribution in [0.15, 0.2) is 27.4 Å². The first kappa shape index (κ1) is 13.5. The van der Waals surface area contributed by atoms with Gasteiger partial charge in [-0.1, -0.05) is 11.8 Å². The van der Waals surface area contributed by atoms with E-state index in [9.17, 15) is 14.7 Å². The molecule has 5 nitrogen and oxygen atoms in total. The van der Waals surface area contributed by atoms with Crippen molar-refractivity contribution >= 4 is 27.6 Å². The lowest BCUT2D eigenvalue weighted by Crippen LogP contribution is -2.02. The molecule has 0 aliphatic rings. The molecule has 100 valence electrons. The maximum atomic E-state index is 11.8. The van der Waals surface area contributed by atoms with E-state index in [4.69, 9.17) is 9.15 Å². The number of hydrogen-bond donors (Lipinski definition) is 1. The molecule has 6 heteroatoms. The number of benzene rings is 1. The summed E-state index contributed by atoms with van der Waals surface area (Å²) >= 11 is 1.05. The zero-order valence-corrected chi connectivity index (χ0v) is 11.2. The first-order chi connectivity index (χ1) is 9.01. The molecule has 2 rings (SSSR count). The SMILES string of the molecule is COc1cc(O)c2c(=O)oc(CSC(C)=O)cc2c1. The fraction of sp³-hybridized carbons (Fsp3) is 0.231. The third kappa shape index (κ3) is 2.90. The van der Waals surface area contributed by atoms with Crippen LogP contribution in [0.4, 0.5) is 0 Å². The van der Waals surface area contributed by atoms with Gasteiger partial charge in [-0.3, -0.25) is 4.79 Å². The largest absolute Gasteiger partial charge is 0.507 e. The van der Waals surface area contributed by atoms with Crippen LogP contribution in [0, 0.1) is 0 Å². The predicted octanol–water partition coefficient (Wildman–Crippen LogP) is 2.29. The number of ether oxygens (including phenoxy) is 1. The Hall–Kier alpha value is -1.95. The van der Waals surface area contributed by atoms with Gasteiger partial charge in [0.2, 0.25) is 0 Å². The molecule has 0 atom stereocenters. The molecule has 19 heavy (non-hydrogen) atoms. The molecule has 1 aromatic carbocycles. The van der Waals surface area contributed by atoms with Crippen LogP contribution in [-0.4, -0.2) is 17.3 Å². The number of methoxy groups -OCH3 is 1. The van der Waals surface area contributed by atoms with E-state index in [1.54, 1.807) is 12.1 Å². The predicted molar refractivity (Wildman–Crippen MR) is 72.7 cm³/mol. The van der Waals surface area contributed by atoms with Crippen molar-refractivity contribution in [1.29, 1.82) is 0 Å². The standard InChI is InChI=1S/C13H12O5S/c1-7(14)19-6-10-4-8-3-9(17-2)5-11(15)12(8)13(16)18-10/h3-5,15H,6H2,1-2H3. The Balaban J connectivity index is 2.54. The van der Waals surface area contributed by atoms with Crippen molar-refractivity contribution in [3.8, 4) is 11.5 Å². The van der Waals surface area contributed by atoms with Crippen LogP contribution in [0.1, 0.15) is 12.7 Å². The van der Waals surface area contributed by atoms with Gasteiger partial charge in [-0.05, 0) is 17.5 Å². The van der Waals surface area contributed by atoms with Crippen LogP contribution < -0.4 is 10.4 Å². The van der Waals surface area contributed by atoms with E-state index in [1.165, 1.54) is 20.1 Å². The highest BCUT2D eigenvalue weighted by molar-refractivity contribution is 8.12. The van der Waals surface area contributed by atoms with Gasteiger partial charge in [0.15, 0.2) is 5.12 Å². The average molecular weight is 280 g/mol. The Bertz CT molecular complexity index is 689. The molecule has 1 N–H and O–H groups in total. The molecule has 0 spiro atoms. The van der Waals surface area contributed by atoms with E-state index < -0.39 is 5.63 Å². The molecule has 0 amide bonds. The van der Waals surface area contributed by atoms with Gasteiger partial charge in [-0.2, -0.15) is 0 Å². The molecular formula is C13H12O5S. The number of carbonyl (C=O) groups excluding carboxylic acids is 1. The molecule has 2 aromatic rings.